The number of fused-ring (bicyclic) bond motifs is 21. The number of rotatable bonds is 10. The monoisotopic (exact) mass is 1800 g/mol. The molecule has 2 nitrogen and oxygen atoms in total. The Hall–Kier alpha value is -17.1. The Balaban J connectivity index is 0.000000105. The second-order valence-corrected chi connectivity index (χ2v) is 39.3. The van der Waals surface area contributed by atoms with E-state index in [1.165, 1.54) is 227 Å². The van der Waals surface area contributed by atoms with Crippen molar-refractivity contribution in [1.82, 2.24) is 0 Å². The molecule has 0 fully saturated rings. The van der Waals surface area contributed by atoms with Gasteiger partial charge in [-0.05, 0) is 242 Å². The molecule has 4 heterocycles. The third kappa shape index (κ3) is 13.3. The quantitative estimate of drug-likeness (QED) is 0.128. The Labute approximate surface area is 812 Å². The first-order chi connectivity index (χ1) is 68.8. The highest BCUT2D eigenvalue weighted by atomic mass is 32.1. The van der Waals surface area contributed by atoms with Gasteiger partial charge in [0.15, 0.2) is 0 Å². The molecule has 1 aliphatic rings. The van der Waals surface area contributed by atoms with Crippen LogP contribution in [0.1, 0.15) is 25.0 Å². The zero-order chi connectivity index (χ0) is 91.9. The van der Waals surface area contributed by atoms with Gasteiger partial charge in [0.2, 0.25) is 0 Å². The Morgan fingerprint density at radius 2 is 0.453 bits per heavy atom. The summed E-state index contributed by atoms with van der Waals surface area (Å²) in [5.74, 6) is 0. The minimum Gasteiger partial charge on any atom is -0.455 e. The van der Waals surface area contributed by atoms with Crippen molar-refractivity contribution in [3.63, 3.8) is 0 Å². The molecule has 4 heteroatoms. The van der Waals surface area contributed by atoms with Crippen LogP contribution in [-0.2, 0) is 5.41 Å². The van der Waals surface area contributed by atoms with Gasteiger partial charge in [0.1, 0.15) is 22.3 Å². The van der Waals surface area contributed by atoms with Crippen molar-refractivity contribution in [3.8, 4) is 122 Å². The van der Waals surface area contributed by atoms with Gasteiger partial charge in [-0.15, -0.1) is 22.7 Å². The van der Waals surface area contributed by atoms with E-state index < -0.39 is 0 Å². The molecule has 0 amide bonds. The topological polar surface area (TPSA) is 26.3 Å². The van der Waals surface area contributed by atoms with Crippen LogP contribution in [0, 0.1) is 0 Å². The van der Waals surface area contributed by atoms with Crippen molar-refractivity contribution in [2.75, 3.05) is 0 Å². The molecule has 0 aliphatic heterocycles. The molecule has 0 bridgehead atoms. The molecular formula is C135H86O2S2. The van der Waals surface area contributed by atoms with Crippen molar-refractivity contribution >= 4 is 172 Å². The highest BCUT2D eigenvalue weighted by Crippen LogP contribution is 2.57. The van der Waals surface area contributed by atoms with Crippen LogP contribution in [0.25, 0.3) is 271 Å². The van der Waals surface area contributed by atoms with E-state index in [9.17, 15) is 0 Å². The molecule has 0 atom stereocenters. The van der Waals surface area contributed by atoms with Gasteiger partial charge in [-0.25, -0.2) is 0 Å². The molecule has 4 aromatic heterocycles. The second kappa shape index (κ2) is 33.2. The lowest BCUT2D eigenvalue weighted by Crippen LogP contribution is -2.14. The Kier molecular flexibility index (Phi) is 19.4. The van der Waals surface area contributed by atoms with E-state index in [-0.39, 0.29) is 5.41 Å². The lowest BCUT2D eigenvalue weighted by atomic mass is 9.81. The normalized spacial score (nSPS) is 12.3. The summed E-state index contributed by atoms with van der Waals surface area (Å²) >= 11 is 3.75. The van der Waals surface area contributed by atoms with Crippen LogP contribution in [0.5, 0.6) is 0 Å². The second-order valence-electron chi connectivity index (χ2n) is 37.2. The summed E-state index contributed by atoms with van der Waals surface area (Å²) in [6.07, 6.45) is 0. The van der Waals surface area contributed by atoms with Gasteiger partial charge in [-0.2, -0.15) is 0 Å². The molecule has 0 radical (unpaired) electrons. The zero-order valence-corrected chi connectivity index (χ0v) is 78.0. The fraction of sp³-hybridized carbons (Fsp3) is 0.0222. The van der Waals surface area contributed by atoms with Gasteiger partial charge in [-0.1, -0.05) is 445 Å². The summed E-state index contributed by atoms with van der Waals surface area (Å²) in [5, 5.41) is 24.9. The highest BCUT2D eigenvalue weighted by molar-refractivity contribution is 7.26. The van der Waals surface area contributed by atoms with Gasteiger partial charge in [0.05, 0.1) is 0 Å². The Morgan fingerprint density at radius 3 is 0.899 bits per heavy atom. The molecule has 0 saturated carbocycles. The summed E-state index contributed by atoms with van der Waals surface area (Å²) in [6, 6.07) is 177. The number of thiophene rings is 2. The first kappa shape index (κ1) is 81.4. The molecule has 139 heavy (non-hydrogen) atoms. The van der Waals surface area contributed by atoms with E-state index in [0.29, 0.717) is 0 Å². The first-order valence-electron chi connectivity index (χ1n) is 47.9. The molecular weight excluding hydrogens is 1720 g/mol. The van der Waals surface area contributed by atoms with Crippen LogP contribution in [0.2, 0.25) is 0 Å². The minimum atomic E-state index is -0.0762. The van der Waals surface area contributed by atoms with Gasteiger partial charge >= 0.3 is 0 Å². The maximum atomic E-state index is 6.85. The number of benzene rings is 24. The lowest BCUT2D eigenvalue weighted by Gasteiger charge is -2.22. The van der Waals surface area contributed by atoms with E-state index in [0.717, 1.165) is 55.0 Å². The summed E-state index contributed by atoms with van der Waals surface area (Å²) in [5.41, 5.74) is 33.6. The number of hydrogen-bond donors (Lipinski definition) is 0. The van der Waals surface area contributed by atoms with Crippen molar-refractivity contribution in [2.45, 2.75) is 19.3 Å². The maximum Gasteiger partial charge on any atom is 0.143 e. The number of hydrogen-bond acceptors (Lipinski definition) is 4. The minimum absolute atomic E-state index is 0.0762. The number of furan rings is 2. The largest absolute Gasteiger partial charge is 0.455 e. The summed E-state index contributed by atoms with van der Waals surface area (Å²) in [6.45, 7) is 4.69. The summed E-state index contributed by atoms with van der Waals surface area (Å²) in [4.78, 5) is 0. The third-order valence-corrected chi connectivity index (χ3v) is 31.6. The van der Waals surface area contributed by atoms with Gasteiger partial charge < -0.3 is 8.83 Å². The molecule has 1 aliphatic carbocycles. The van der Waals surface area contributed by atoms with Crippen LogP contribution in [0.4, 0.5) is 0 Å². The van der Waals surface area contributed by atoms with Gasteiger partial charge in [0, 0.05) is 78.4 Å². The molecule has 28 aromatic rings. The molecule has 0 N–H and O–H groups in total. The highest BCUT2D eigenvalue weighted by Gasteiger charge is 2.36. The molecule has 0 spiro atoms. The van der Waals surface area contributed by atoms with Gasteiger partial charge in [0.25, 0.3) is 0 Å². The predicted molar refractivity (Wildman–Crippen MR) is 597 cm³/mol. The average Bonchev–Trinajstić information content (AvgIpc) is 1.68. The van der Waals surface area contributed by atoms with Gasteiger partial charge in [-0.3, -0.25) is 0 Å². The molecule has 650 valence electrons. The van der Waals surface area contributed by atoms with Crippen LogP contribution >= 0.6 is 22.7 Å². The third-order valence-electron chi connectivity index (χ3n) is 29.3. The van der Waals surface area contributed by atoms with Crippen molar-refractivity contribution < 1.29 is 8.83 Å². The SMILES string of the molecule is CC1(C)c2ccccc2-c2ccc(-c3ccc(-c4c5ccccc5c(-c5ccccc5)c5ccccc45)c4c3oc3ccccc34)cc21.c1ccc(-c2c3ccccc3c(-c3ccc(-c4ccc5sc6ccccc6c5c4)c4oc5ccccc5c34)c3ccccc23)cc1.c1ccc(-c2ccc(-c3ccc(-c4c5ccccc5c(-c5ccccc5)c5ccccc45)c4c3sc3ccccc34)cc2)cc1. The van der Waals surface area contributed by atoms with E-state index in [2.05, 4.69) is 499 Å². The maximum absolute atomic E-state index is 6.85. The summed E-state index contributed by atoms with van der Waals surface area (Å²) < 4.78 is 18.9. The Morgan fingerprint density at radius 1 is 0.165 bits per heavy atom. The fourth-order valence-electron chi connectivity index (χ4n) is 23.0. The van der Waals surface area contributed by atoms with Crippen LogP contribution in [0.3, 0.4) is 0 Å². The Bertz CT molecular complexity index is 9670. The average molecular weight is 1800 g/mol. The van der Waals surface area contributed by atoms with Crippen LogP contribution in [0.15, 0.2) is 494 Å². The molecule has 0 saturated heterocycles. The smallest absolute Gasteiger partial charge is 0.143 e. The van der Waals surface area contributed by atoms with E-state index in [1.807, 2.05) is 22.7 Å². The molecule has 0 unspecified atom stereocenters. The van der Waals surface area contributed by atoms with Crippen molar-refractivity contribution in [2.24, 2.45) is 0 Å². The lowest BCUT2D eigenvalue weighted by molar-refractivity contribution is 0.660. The molecule has 29 rings (SSSR count). The van der Waals surface area contributed by atoms with E-state index >= 15 is 0 Å². The number of para-hydroxylation sites is 2. The fourth-order valence-corrected chi connectivity index (χ4v) is 25.4. The zero-order valence-electron chi connectivity index (χ0n) is 76.3. The molecule has 24 aromatic carbocycles. The summed E-state index contributed by atoms with van der Waals surface area (Å²) in [7, 11) is 0. The standard InChI is InChI=1S/C47H32O.C44H26OS.C44H28S/c1-47(2)40-22-12-10-16-32(40)33-25-24-30(28-41(33)47)31-26-27-39(45-38-21-11-13-23-42(38)48-46(31)45)44-36-19-8-6-17-34(36)43(29-14-4-3-5-15-29)35-18-7-9-20-37(35)44;1-2-12-27(13-3-1)41-31-15-4-6-17-33(31)42(34-18-7-5-16-32(34)41)36-24-23-29(44-43(36)35-19-8-10-20-38(35)45-44)28-22-25-40-37(26-28)30-14-9-11-21-39(30)46-40;1-3-13-29(14-4-1)30-23-25-31(26-24-30)33-27-28-39(43-38-21-11-12-22-40(38)45-44(33)43)42-36-19-9-7-17-34(36)41(32-15-5-2-6-16-32)35-18-8-10-20-37(35)42/h3-28H,1-2H3;1-26H;1-28H. The van der Waals surface area contributed by atoms with Crippen molar-refractivity contribution in [3.05, 3.63) is 496 Å². The predicted octanol–water partition coefficient (Wildman–Crippen LogP) is 39.5. The van der Waals surface area contributed by atoms with Crippen molar-refractivity contribution in [1.29, 1.82) is 0 Å². The van der Waals surface area contributed by atoms with Crippen LogP contribution < -0.4 is 0 Å². The van der Waals surface area contributed by atoms with Crippen LogP contribution in [-0.4, -0.2) is 0 Å². The first-order valence-corrected chi connectivity index (χ1v) is 49.5. The van der Waals surface area contributed by atoms with E-state index in [1.54, 1.807) is 0 Å². The van der Waals surface area contributed by atoms with E-state index in [4.69, 9.17) is 8.83 Å².